The predicted octanol–water partition coefficient (Wildman–Crippen LogP) is 2.69. The summed E-state index contributed by atoms with van der Waals surface area (Å²) in [6, 6.07) is 13.2. The van der Waals surface area contributed by atoms with E-state index < -0.39 is 0 Å². The minimum Gasteiger partial charge on any atom is -0.508 e. The summed E-state index contributed by atoms with van der Waals surface area (Å²) < 4.78 is 13.5. The van der Waals surface area contributed by atoms with E-state index in [0.29, 0.717) is 18.2 Å². The molecule has 0 aliphatic carbocycles. The van der Waals surface area contributed by atoms with Crippen LogP contribution in [-0.2, 0) is 4.79 Å². The molecule has 160 valence electrons. The van der Waals surface area contributed by atoms with Gasteiger partial charge in [-0.1, -0.05) is 6.07 Å². The van der Waals surface area contributed by atoms with Gasteiger partial charge in [0.2, 0.25) is 5.91 Å². The summed E-state index contributed by atoms with van der Waals surface area (Å²) in [5.74, 6) is 0.286. The normalized spacial score (nSPS) is 15.0. The minimum absolute atomic E-state index is 0.0155. The van der Waals surface area contributed by atoms with Crippen LogP contribution in [0, 0.1) is 5.82 Å². The third kappa shape index (κ3) is 6.37. The fraction of sp³-hybridized carbons (Fsp3) is 0.364. The van der Waals surface area contributed by atoms with E-state index >= 15 is 0 Å². The molecule has 1 aliphatic heterocycles. The van der Waals surface area contributed by atoms with Crippen LogP contribution in [0.15, 0.2) is 53.5 Å². The molecule has 8 heteroatoms. The number of piperidine rings is 1. The zero-order valence-corrected chi connectivity index (χ0v) is 17.1. The van der Waals surface area contributed by atoms with E-state index in [9.17, 15) is 14.3 Å². The fourth-order valence-corrected chi connectivity index (χ4v) is 3.36. The number of carbonyl (C=O) groups is 1. The summed E-state index contributed by atoms with van der Waals surface area (Å²) >= 11 is 0. The molecule has 0 unspecified atom stereocenters. The summed E-state index contributed by atoms with van der Waals surface area (Å²) in [6.07, 6.45) is 1.78. The van der Waals surface area contributed by atoms with Crippen LogP contribution in [0.2, 0.25) is 0 Å². The van der Waals surface area contributed by atoms with E-state index in [1.165, 1.54) is 18.2 Å². The van der Waals surface area contributed by atoms with Crippen LogP contribution in [0.3, 0.4) is 0 Å². The number of rotatable bonds is 6. The number of guanidine groups is 1. The number of benzene rings is 2. The first-order chi connectivity index (χ1) is 14.5. The predicted molar refractivity (Wildman–Crippen MR) is 117 cm³/mol. The Kier molecular flexibility index (Phi) is 7.48. The van der Waals surface area contributed by atoms with E-state index in [-0.39, 0.29) is 30.1 Å². The van der Waals surface area contributed by atoms with Crippen molar-refractivity contribution in [2.75, 3.05) is 36.4 Å². The summed E-state index contributed by atoms with van der Waals surface area (Å²) in [7, 11) is 0. The molecule has 0 atom stereocenters. The van der Waals surface area contributed by atoms with Gasteiger partial charge in [-0.25, -0.2) is 9.38 Å². The lowest BCUT2D eigenvalue weighted by Crippen LogP contribution is -2.49. The molecule has 0 aromatic heterocycles. The third-order valence-electron chi connectivity index (χ3n) is 4.89. The van der Waals surface area contributed by atoms with Gasteiger partial charge in [-0.2, -0.15) is 0 Å². The molecule has 0 bridgehead atoms. The van der Waals surface area contributed by atoms with E-state index in [2.05, 4.69) is 25.8 Å². The van der Waals surface area contributed by atoms with Gasteiger partial charge >= 0.3 is 0 Å². The van der Waals surface area contributed by atoms with E-state index in [0.717, 1.165) is 31.6 Å². The van der Waals surface area contributed by atoms with Crippen molar-refractivity contribution in [2.24, 2.45) is 4.99 Å². The van der Waals surface area contributed by atoms with E-state index in [1.54, 1.807) is 24.3 Å². The molecule has 30 heavy (non-hydrogen) atoms. The molecule has 7 nitrogen and oxygen atoms in total. The second kappa shape index (κ2) is 10.5. The highest BCUT2D eigenvalue weighted by molar-refractivity contribution is 5.94. The number of anilines is 2. The van der Waals surface area contributed by atoms with Gasteiger partial charge in [0.1, 0.15) is 18.1 Å². The molecule has 1 fully saturated rings. The zero-order valence-electron chi connectivity index (χ0n) is 17.1. The highest BCUT2D eigenvalue weighted by Gasteiger charge is 2.20. The molecule has 4 N–H and O–H groups in total. The summed E-state index contributed by atoms with van der Waals surface area (Å²) in [6.45, 7) is 4.29. The van der Waals surface area contributed by atoms with Crippen molar-refractivity contribution in [1.29, 1.82) is 0 Å². The van der Waals surface area contributed by atoms with Crippen molar-refractivity contribution in [3.63, 3.8) is 0 Å². The second-order valence-corrected chi connectivity index (χ2v) is 7.18. The van der Waals surface area contributed by atoms with E-state index in [4.69, 9.17) is 0 Å². The smallest absolute Gasteiger partial charge is 0.246 e. The number of carbonyl (C=O) groups excluding carboxylic acids is 1. The van der Waals surface area contributed by atoms with Crippen LogP contribution in [0.5, 0.6) is 5.75 Å². The number of amides is 1. The third-order valence-corrected chi connectivity index (χ3v) is 4.89. The topological polar surface area (TPSA) is 89.0 Å². The molecule has 1 aliphatic rings. The van der Waals surface area contributed by atoms with Crippen LogP contribution in [-0.4, -0.2) is 49.2 Å². The lowest BCUT2D eigenvalue weighted by atomic mass is 10.0. The first kappa shape index (κ1) is 21.4. The average Bonchev–Trinajstić information content (AvgIpc) is 2.74. The molecule has 1 heterocycles. The summed E-state index contributed by atoms with van der Waals surface area (Å²) in [4.78, 5) is 18.7. The van der Waals surface area contributed by atoms with E-state index in [1.807, 2.05) is 13.0 Å². The van der Waals surface area contributed by atoms with Gasteiger partial charge < -0.3 is 26.0 Å². The van der Waals surface area contributed by atoms with Crippen LogP contribution in [0.4, 0.5) is 15.8 Å². The largest absolute Gasteiger partial charge is 0.508 e. The van der Waals surface area contributed by atoms with Crippen molar-refractivity contribution in [3.05, 3.63) is 54.3 Å². The van der Waals surface area contributed by atoms with Gasteiger partial charge in [0, 0.05) is 37.1 Å². The molecule has 0 saturated carbocycles. The fourth-order valence-electron chi connectivity index (χ4n) is 3.36. The molecule has 0 spiro atoms. The van der Waals surface area contributed by atoms with Gasteiger partial charge in [0.05, 0.1) is 0 Å². The number of aliphatic imine (C=N–C) groups is 1. The highest BCUT2D eigenvalue weighted by Crippen LogP contribution is 2.20. The molecular formula is C22H28FN5O2. The molecule has 2 aromatic carbocycles. The molecule has 3 rings (SSSR count). The minimum atomic E-state index is -0.237. The Morgan fingerprint density at radius 2 is 1.93 bits per heavy atom. The Balaban J connectivity index is 1.50. The highest BCUT2D eigenvalue weighted by atomic mass is 19.1. The second-order valence-electron chi connectivity index (χ2n) is 7.18. The first-order valence-electron chi connectivity index (χ1n) is 10.2. The number of hydrogen-bond acceptors (Lipinski definition) is 4. The number of halogens is 1. The molecule has 0 radical (unpaired) electrons. The van der Waals surface area contributed by atoms with Gasteiger partial charge in [0.15, 0.2) is 5.96 Å². The number of nitrogens with one attached hydrogen (secondary N) is 3. The van der Waals surface area contributed by atoms with Crippen molar-refractivity contribution in [2.45, 2.75) is 25.8 Å². The molecular weight excluding hydrogens is 385 g/mol. The number of phenols is 1. The molecule has 1 amide bonds. The van der Waals surface area contributed by atoms with Gasteiger partial charge in [-0.3, -0.25) is 4.79 Å². The Labute approximate surface area is 176 Å². The quantitative estimate of drug-likeness (QED) is 0.332. The summed E-state index contributed by atoms with van der Waals surface area (Å²) in [5, 5.41) is 18.6. The Morgan fingerprint density at radius 1 is 1.20 bits per heavy atom. The zero-order chi connectivity index (χ0) is 21.3. The monoisotopic (exact) mass is 413 g/mol. The number of phenolic OH excluding ortho intramolecular Hbond substituents is 1. The van der Waals surface area contributed by atoms with Crippen LogP contribution >= 0.6 is 0 Å². The number of nitrogens with zero attached hydrogens (tertiary/aromatic N) is 2. The summed E-state index contributed by atoms with van der Waals surface area (Å²) in [5.41, 5.74) is 1.51. The number of aromatic hydroxyl groups is 1. The van der Waals surface area contributed by atoms with Crippen molar-refractivity contribution >= 4 is 23.2 Å². The van der Waals surface area contributed by atoms with Crippen LogP contribution in [0.1, 0.15) is 19.8 Å². The Morgan fingerprint density at radius 3 is 2.60 bits per heavy atom. The molecule has 2 aromatic rings. The van der Waals surface area contributed by atoms with Crippen molar-refractivity contribution in [3.8, 4) is 5.75 Å². The Hall–Kier alpha value is -3.29. The number of hydrogen-bond donors (Lipinski definition) is 4. The lowest BCUT2D eigenvalue weighted by Gasteiger charge is -2.34. The van der Waals surface area contributed by atoms with Crippen molar-refractivity contribution < 1.29 is 14.3 Å². The first-order valence-corrected chi connectivity index (χ1v) is 10.2. The Bertz CT molecular complexity index is 864. The van der Waals surface area contributed by atoms with Crippen LogP contribution < -0.4 is 20.9 Å². The SMILES string of the molecule is CCNC(=NCC(=O)Nc1ccc(O)cc1)NC1CCN(c2cccc(F)c2)CC1. The maximum absolute atomic E-state index is 13.5. The maximum atomic E-state index is 13.5. The van der Waals surface area contributed by atoms with Gasteiger partial charge in [-0.05, 0) is 62.2 Å². The standard InChI is InChI=1S/C22H28FN5O2/c1-2-24-22(25-15-21(30)26-17-6-8-20(29)9-7-17)27-18-10-12-28(13-11-18)19-5-3-4-16(23)14-19/h3-9,14,18,29H,2,10-13,15H2,1H3,(H,26,30)(H2,24,25,27). The van der Waals surface area contributed by atoms with Gasteiger partial charge in [0.25, 0.3) is 0 Å². The van der Waals surface area contributed by atoms with Crippen molar-refractivity contribution in [1.82, 2.24) is 10.6 Å². The van der Waals surface area contributed by atoms with Gasteiger partial charge in [-0.15, -0.1) is 0 Å². The lowest BCUT2D eigenvalue weighted by molar-refractivity contribution is -0.114. The molecule has 1 saturated heterocycles. The maximum Gasteiger partial charge on any atom is 0.246 e. The van der Waals surface area contributed by atoms with Crippen LogP contribution in [0.25, 0.3) is 0 Å². The average molecular weight is 413 g/mol.